The lowest BCUT2D eigenvalue weighted by Crippen LogP contribution is -2.41. The van der Waals surface area contributed by atoms with Crippen LogP contribution < -0.4 is 10.0 Å². The smallest absolute Gasteiger partial charge is 0.274 e. The summed E-state index contributed by atoms with van der Waals surface area (Å²) in [6.45, 7) is 5.58. The molecule has 6 nitrogen and oxygen atoms in total. The molecule has 0 atom stereocenters. The molecule has 0 aromatic heterocycles. The molecule has 0 aliphatic heterocycles. The van der Waals surface area contributed by atoms with Gasteiger partial charge in [0.25, 0.3) is 15.9 Å². The Bertz CT molecular complexity index is 646. The summed E-state index contributed by atoms with van der Waals surface area (Å²) in [5.41, 5.74) is 0.988. The molecule has 0 radical (unpaired) electrons. The summed E-state index contributed by atoms with van der Waals surface area (Å²) in [5.74, 6) is -0.420. The quantitative estimate of drug-likeness (QED) is 0.831. The van der Waals surface area contributed by atoms with Crippen molar-refractivity contribution < 1.29 is 18.0 Å². The number of urea groups is 1. The molecular weight excluding hydrogens is 292 g/mol. The van der Waals surface area contributed by atoms with Crippen LogP contribution in [-0.4, -0.2) is 20.4 Å². The fraction of sp³-hybridized carbons (Fsp3) is 0.286. The molecule has 0 bridgehead atoms. The lowest BCUT2D eigenvalue weighted by atomic mass is 10.0. The van der Waals surface area contributed by atoms with Gasteiger partial charge in [0.2, 0.25) is 0 Å². The Morgan fingerprint density at radius 1 is 1.14 bits per heavy atom. The van der Waals surface area contributed by atoms with Crippen LogP contribution in [0.5, 0.6) is 0 Å². The SMILES string of the molecule is CC=CC(=O)NC(=O)NS(=O)(=O)c1ccc(C(C)C)cc1. The van der Waals surface area contributed by atoms with Crippen molar-refractivity contribution in [2.24, 2.45) is 0 Å². The predicted molar refractivity (Wildman–Crippen MR) is 79.2 cm³/mol. The first-order valence-electron chi connectivity index (χ1n) is 6.36. The van der Waals surface area contributed by atoms with Gasteiger partial charge in [-0.1, -0.05) is 32.1 Å². The highest BCUT2D eigenvalue weighted by atomic mass is 32.2. The van der Waals surface area contributed by atoms with Gasteiger partial charge in [-0.05, 0) is 36.6 Å². The number of benzene rings is 1. The van der Waals surface area contributed by atoms with Crippen LogP contribution in [0.15, 0.2) is 41.3 Å². The van der Waals surface area contributed by atoms with Gasteiger partial charge in [-0.15, -0.1) is 0 Å². The van der Waals surface area contributed by atoms with E-state index in [0.29, 0.717) is 0 Å². The molecule has 2 N–H and O–H groups in total. The molecule has 3 amide bonds. The third kappa shape index (κ3) is 5.03. The average Bonchev–Trinajstić information content (AvgIpc) is 2.38. The zero-order chi connectivity index (χ0) is 16.0. The predicted octanol–water partition coefficient (Wildman–Crippen LogP) is 1.90. The number of imide groups is 1. The molecule has 0 saturated carbocycles. The summed E-state index contributed by atoms with van der Waals surface area (Å²) < 4.78 is 25.7. The van der Waals surface area contributed by atoms with Gasteiger partial charge in [-0.3, -0.25) is 10.1 Å². The van der Waals surface area contributed by atoms with Gasteiger partial charge in [0, 0.05) is 0 Å². The van der Waals surface area contributed by atoms with E-state index in [9.17, 15) is 18.0 Å². The highest BCUT2D eigenvalue weighted by Crippen LogP contribution is 2.17. The number of carbonyl (C=O) groups excluding carboxylic acids is 2. The normalized spacial score (nSPS) is 11.6. The Labute approximate surface area is 124 Å². The number of amides is 3. The van der Waals surface area contributed by atoms with Crippen LogP contribution in [0, 0.1) is 0 Å². The van der Waals surface area contributed by atoms with Crippen LogP contribution in [0.4, 0.5) is 4.79 Å². The summed E-state index contributed by atoms with van der Waals surface area (Å²) in [5, 5.41) is 1.88. The Balaban J connectivity index is 2.81. The standard InChI is InChI=1S/C14H18N2O4S/c1-4-5-13(17)15-14(18)16-21(19,20)12-8-6-11(7-9-12)10(2)3/h4-10H,1-3H3,(H2,15,16,17,18). The number of rotatable bonds is 4. The van der Waals surface area contributed by atoms with E-state index in [0.717, 1.165) is 11.6 Å². The summed E-state index contributed by atoms with van der Waals surface area (Å²) in [6, 6.07) is 5.10. The Morgan fingerprint density at radius 3 is 2.19 bits per heavy atom. The second-order valence-electron chi connectivity index (χ2n) is 4.65. The minimum atomic E-state index is -4.00. The maximum atomic E-state index is 12.0. The van der Waals surface area contributed by atoms with E-state index < -0.39 is 22.0 Å². The summed E-state index contributed by atoms with van der Waals surface area (Å²) in [6.07, 6.45) is 2.55. The molecule has 1 rings (SSSR count). The second kappa shape index (κ2) is 7.03. The summed E-state index contributed by atoms with van der Waals surface area (Å²) in [7, 11) is -4.00. The summed E-state index contributed by atoms with van der Waals surface area (Å²) in [4.78, 5) is 22.5. The van der Waals surface area contributed by atoms with Crippen molar-refractivity contribution in [2.45, 2.75) is 31.6 Å². The number of nitrogens with one attached hydrogen (secondary N) is 2. The van der Waals surface area contributed by atoms with Crippen molar-refractivity contribution in [3.8, 4) is 0 Å². The molecule has 0 fully saturated rings. The first-order chi connectivity index (χ1) is 9.76. The van der Waals surface area contributed by atoms with E-state index in [-0.39, 0.29) is 10.8 Å². The molecule has 0 spiro atoms. The number of carbonyl (C=O) groups is 2. The highest BCUT2D eigenvalue weighted by molar-refractivity contribution is 7.90. The average molecular weight is 310 g/mol. The first kappa shape index (κ1) is 16.9. The van der Waals surface area contributed by atoms with Crippen LogP contribution in [0.2, 0.25) is 0 Å². The number of hydrogen-bond acceptors (Lipinski definition) is 4. The van der Waals surface area contributed by atoms with Crippen molar-refractivity contribution in [1.82, 2.24) is 10.0 Å². The third-order valence-electron chi connectivity index (χ3n) is 2.64. The van der Waals surface area contributed by atoms with Crippen LogP contribution >= 0.6 is 0 Å². The molecule has 1 aromatic carbocycles. The van der Waals surface area contributed by atoms with E-state index >= 15 is 0 Å². The fourth-order valence-electron chi connectivity index (χ4n) is 1.54. The summed E-state index contributed by atoms with van der Waals surface area (Å²) >= 11 is 0. The Kier molecular flexibility index (Phi) is 5.66. The number of hydrogen-bond donors (Lipinski definition) is 2. The molecule has 0 aliphatic rings. The lowest BCUT2D eigenvalue weighted by molar-refractivity contribution is -0.115. The molecule has 7 heteroatoms. The molecule has 1 aromatic rings. The highest BCUT2D eigenvalue weighted by Gasteiger charge is 2.18. The van der Waals surface area contributed by atoms with Gasteiger partial charge in [0.15, 0.2) is 0 Å². The van der Waals surface area contributed by atoms with Crippen molar-refractivity contribution in [3.05, 3.63) is 42.0 Å². The zero-order valence-electron chi connectivity index (χ0n) is 12.1. The molecule has 0 unspecified atom stereocenters. The van der Waals surface area contributed by atoms with Crippen LogP contribution in [-0.2, 0) is 14.8 Å². The minimum absolute atomic E-state index is 0.0412. The first-order valence-corrected chi connectivity index (χ1v) is 7.85. The molecule has 0 heterocycles. The monoisotopic (exact) mass is 310 g/mol. The number of allylic oxidation sites excluding steroid dienone is 1. The van der Waals surface area contributed by atoms with Crippen molar-refractivity contribution in [2.75, 3.05) is 0 Å². The van der Waals surface area contributed by atoms with Gasteiger partial charge in [-0.25, -0.2) is 17.9 Å². The maximum absolute atomic E-state index is 12.0. The topological polar surface area (TPSA) is 92.3 Å². The van der Waals surface area contributed by atoms with Crippen LogP contribution in [0.1, 0.15) is 32.3 Å². The molecule has 0 aliphatic carbocycles. The van der Waals surface area contributed by atoms with E-state index in [1.165, 1.54) is 18.2 Å². The van der Waals surface area contributed by atoms with E-state index in [1.807, 2.05) is 19.2 Å². The van der Waals surface area contributed by atoms with Crippen LogP contribution in [0.3, 0.4) is 0 Å². The fourth-order valence-corrected chi connectivity index (χ4v) is 2.45. The van der Waals surface area contributed by atoms with Gasteiger partial charge < -0.3 is 0 Å². The van der Waals surface area contributed by atoms with E-state index in [1.54, 1.807) is 23.8 Å². The Morgan fingerprint density at radius 2 is 1.71 bits per heavy atom. The Hall–Kier alpha value is -2.15. The zero-order valence-corrected chi connectivity index (χ0v) is 12.9. The molecule has 0 saturated heterocycles. The number of sulfonamides is 1. The molecule has 114 valence electrons. The third-order valence-corrected chi connectivity index (χ3v) is 3.99. The van der Waals surface area contributed by atoms with E-state index in [4.69, 9.17) is 0 Å². The molecule has 21 heavy (non-hydrogen) atoms. The van der Waals surface area contributed by atoms with Gasteiger partial charge in [0.1, 0.15) is 0 Å². The van der Waals surface area contributed by atoms with Gasteiger partial charge >= 0.3 is 6.03 Å². The van der Waals surface area contributed by atoms with E-state index in [2.05, 4.69) is 0 Å². The van der Waals surface area contributed by atoms with Crippen molar-refractivity contribution in [1.29, 1.82) is 0 Å². The lowest BCUT2D eigenvalue weighted by Gasteiger charge is -2.09. The van der Waals surface area contributed by atoms with Crippen LogP contribution in [0.25, 0.3) is 0 Å². The minimum Gasteiger partial charge on any atom is -0.274 e. The van der Waals surface area contributed by atoms with Crippen molar-refractivity contribution in [3.63, 3.8) is 0 Å². The van der Waals surface area contributed by atoms with Gasteiger partial charge in [0.05, 0.1) is 4.90 Å². The largest absolute Gasteiger partial charge is 0.335 e. The van der Waals surface area contributed by atoms with Crippen molar-refractivity contribution >= 4 is 22.0 Å². The maximum Gasteiger partial charge on any atom is 0.335 e. The molecular formula is C14H18N2O4S. The second-order valence-corrected chi connectivity index (χ2v) is 6.33. The van der Waals surface area contributed by atoms with Gasteiger partial charge in [-0.2, -0.15) is 0 Å².